The Bertz CT molecular complexity index is 931. The highest BCUT2D eigenvalue weighted by Crippen LogP contribution is 2.32. The number of anilines is 1. The van der Waals surface area contributed by atoms with Gasteiger partial charge in [-0.3, -0.25) is 4.79 Å². The molecule has 1 aliphatic rings. The topological polar surface area (TPSA) is 66.5 Å². The molecule has 2 aromatic rings. The smallest absolute Gasteiger partial charge is 0.261 e. The highest BCUT2D eigenvalue weighted by molar-refractivity contribution is 7.89. The van der Waals surface area contributed by atoms with Gasteiger partial charge < -0.3 is 4.90 Å². The minimum atomic E-state index is -3.55. The standard InChI is InChI=1S/C16H14ClFN2O3S/c1-19-24(22,23)12-3-5-15-10(8-12)6-7-20(15)16(21)13-9-11(17)2-4-14(13)18/h2-5,8-9,19H,6-7H2,1H3. The molecule has 0 spiro atoms. The van der Waals surface area contributed by atoms with E-state index in [2.05, 4.69) is 4.72 Å². The molecule has 3 rings (SSSR count). The van der Waals surface area contributed by atoms with Crippen LogP contribution in [0.5, 0.6) is 0 Å². The van der Waals surface area contributed by atoms with Crippen molar-refractivity contribution in [2.24, 2.45) is 0 Å². The first-order valence-electron chi connectivity index (χ1n) is 7.17. The second-order valence-corrected chi connectivity index (χ2v) is 7.65. The third kappa shape index (κ3) is 2.90. The second kappa shape index (κ2) is 6.16. The summed E-state index contributed by atoms with van der Waals surface area (Å²) in [5.41, 5.74) is 1.19. The van der Waals surface area contributed by atoms with Gasteiger partial charge in [0.25, 0.3) is 5.91 Å². The van der Waals surface area contributed by atoms with Gasteiger partial charge in [-0.05, 0) is 55.4 Å². The molecule has 24 heavy (non-hydrogen) atoms. The monoisotopic (exact) mass is 368 g/mol. The van der Waals surface area contributed by atoms with E-state index in [-0.39, 0.29) is 15.5 Å². The molecule has 0 saturated carbocycles. The highest BCUT2D eigenvalue weighted by Gasteiger charge is 2.28. The van der Waals surface area contributed by atoms with E-state index < -0.39 is 21.7 Å². The lowest BCUT2D eigenvalue weighted by atomic mass is 10.1. The maximum absolute atomic E-state index is 13.9. The molecule has 0 atom stereocenters. The third-order valence-corrected chi connectivity index (χ3v) is 5.58. The van der Waals surface area contributed by atoms with Crippen molar-refractivity contribution in [3.8, 4) is 0 Å². The lowest BCUT2D eigenvalue weighted by Gasteiger charge is -2.18. The van der Waals surface area contributed by atoms with E-state index in [0.717, 1.165) is 11.6 Å². The summed E-state index contributed by atoms with van der Waals surface area (Å²) in [6, 6.07) is 8.33. The molecule has 5 nitrogen and oxygen atoms in total. The summed E-state index contributed by atoms with van der Waals surface area (Å²) in [4.78, 5) is 14.2. The lowest BCUT2D eigenvalue weighted by Crippen LogP contribution is -2.29. The van der Waals surface area contributed by atoms with Crippen molar-refractivity contribution in [3.05, 3.63) is 58.4 Å². The van der Waals surface area contributed by atoms with E-state index in [4.69, 9.17) is 11.6 Å². The van der Waals surface area contributed by atoms with Crippen molar-refractivity contribution in [1.29, 1.82) is 0 Å². The molecule has 2 aromatic carbocycles. The second-order valence-electron chi connectivity index (χ2n) is 5.33. The summed E-state index contributed by atoms with van der Waals surface area (Å²) >= 11 is 5.84. The first kappa shape index (κ1) is 16.9. The van der Waals surface area contributed by atoms with Crippen molar-refractivity contribution in [3.63, 3.8) is 0 Å². The average Bonchev–Trinajstić information content (AvgIpc) is 2.99. The van der Waals surface area contributed by atoms with Crippen LogP contribution in [0.25, 0.3) is 0 Å². The number of halogens is 2. The van der Waals surface area contributed by atoms with Gasteiger partial charge in [0.1, 0.15) is 5.82 Å². The number of fused-ring (bicyclic) bond motifs is 1. The van der Waals surface area contributed by atoms with Crippen LogP contribution in [0, 0.1) is 5.82 Å². The normalized spacial score (nSPS) is 13.9. The fraction of sp³-hybridized carbons (Fsp3) is 0.188. The molecule has 1 heterocycles. The van der Waals surface area contributed by atoms with Gasteiger partial charge in [0.2, 0.25) is 10.0 Å². The summed E-state index contributed by atoms with van der Waals surface area (Å²) in [6.45, 7) is 0.350. The SMILES string of the molecule is CNS(=O)(=O)c1ccc2c(c1)CCN2C(=O)c1cc(Cl)ccc1F. The quantitative estimate of drug-likeness (QED) is 0.905. The molecule has 0 bridgehead atoms. The Morgan fingerprint density at radius 1 is 1.25 bits per heavy atom. The number of nitrogens with zero attached hydrogens (tertiary/aromatic N) is 1. The zero-order valence-corrected chi connectivity index (χ0v) is 14.3. The summed E-state index contributed by atoms with van der Waals surface area (Å²) in [5.74, 6) is -1.15. The van der Waals surface area contributed by atoms with Crippen molar-refractivity contribution < 1.29 is 17.6 Å². The minimum Gasteiger partial charge on any atom is -0.308 e. The van der Waals surface area contributed by atoms with Gasteiger partial charge in [-0.1, -0.05) is 11.6 Å². The Morgan fingerprint density at radius 3 is 2.71 bits per heavy atom. The molecule has 0 saturated heterocycles. The van der Waals surface area contributed by atoms with Crippen molar-refractivity contribution in [1.82, 2.24) is 4.72 Å². The van der Waals surface area contributed by atoms with Gasteiger partial charge in [0, 0.05) is 17.3 Å². The predicted molar refractivity (Wildman–Crippen MR) is 89.5 cm³/mol. The summed E-state index contributed by atoms with van der Waals surface area (Å²) in [6.07, 6.45) is 0.496. The molecule has 8 heteroatoms. The first-order valence-corrected chi connectivity index (χ1v) is 9.03. The zero-order chi connectivity index (χ0) is 17.5. The lowest BCUT2D eigenvalue weighted by molar-refractivity contribution is 0.0985. The maximum atomic E-state index is 13.9. The van der Waals surface area contributed by atoms with Gasteiger partial charge in [0.05, 0.1) is 10.5 Å². The van der Waals surface area contributed by atoms with E-state index in [1.54, 1.807) is 6.07 Å². The van der Waals surface area contributed by atoms with Gasteiger partial charge in [0.15, 0.2) is 0 Å². The highest BCUT2D eigenvalue weighted by atomic mass is 35.5. The number of sulfonamides is 1. The first-order chi connectivity index (χ1) is 11.3. The predicted octanol–water partition coefficient (Wildman–Crippen LogP) is 2.59. The van der Waals surface area contributed by atoms with E-state index in [9.17, 15) is 17.6 Å². The van der Waals surface area contributed by atoms with Crippen molar-refractivity contribution in [2.75, 3.05) is 18.5 Å². The largest absolute Gasteiger partial charge is 0.308 e. The van der Waals surface area contributed by atoms with Crippen LogP contribution in [-0.4, -0.2) is 27.9 Å². The molecular formula is C16H14ClFN2O3S. The number of amides is 1. The summed E-state index contributed by atoms with van der Waals surface area (Å²) in [7, 11) is -2.22. The van der Waals surface area contributed by atoms with Crippen LogP contribution in [-0.2, 0) is 16.4 Å². The van der Waals surface area contributed by atoms with Crippen LogP contribution in [0.1, 0.15) is 15.9 Å². The zero-order valence-electron chi connectivity index (χ0n) is 12.7. The van der Waals surface area contributed by atoms with Crippen LogP contribution in [0.3, 0.4) is 0 Å². The van der Waals surface area contributed by atoms with E-state index in [1.807, 2.05) is 0 Å². The van der Waals surface area contributed by atoms with Crippen molar-refractivity contribution >= 4 is 33.2 Å². The molecule has 126 valence electrons. The van der Waals surface area contributed by atoms with E-state index in [0.29, 0.717) is 18.7 Å². The molecule has 1 N–H and O–H groups in total. The maximum Gasteiger partial charge on any atom is 0.261 e. The molecule has 0 aliphatic carbocycles. The Balaban J connectivity index is 1.98. The number of rotatable bonds is 3. The van der Waals surface area contributed by atoms with Crippen LogP contribution < -0.4 is 9.62 Å². The van der Waals surface area contributed by atoms with E-state index >= 15 is 0 Å². The Morgan fingerprint density at radius 2 is 2.00 bits per heavy atom. The fourth-order valence-corrected chi connectivity index (χ4v) is 3.63. The van der Waals surface area contributed by atoms with Gasteiger partial charge >= 0.3 is 0 Å². The van der Waals surface area contributed by atoms with E-state index in [1.165, 1.54) is 36.2 Å². The Hall–Kier alpha value is -1.96. The molecule has 0 aromatic heterocycles. The van der Waals surface area contributed by atoms with Crippen LogP contribution in [0.4, 0.5) is 10.1 Å². The average molecular weight is 369 g/mol. The number of carbonyl (C=O) groups is 1. The van der Waals surface area contributed by atoms with Crippen molar-refractivity contribution in [2.45, 2.75) is 11.3 Å². The van der Waals surface area contributed by atoms with Gasteiger partial charge in [-0.15, -0.1) is 0 Å². The molecule has 0 unspecified atom stereocenters. The Kier molecular flexibility index (Phi) is 4.33. The van der Waals surface area contributed by atoms with Crippen LogP contribution >= 0.6 is 11.6 Å². The number of nitrogens with one attached hydrogen (secondary N) is 1. The number of hydrogen-bond acceptors (Lipinski definition) is 3. The summed E-state index contributed by atoms with van der Waals surface area (Å²) < 4.78 is 39.9. The van der Waals surface area contributed by atoms with Crippen LogP contribution in [0.15, 0.2) is 41.3 Å². The van der Waals surface area contributed by atoms with Crippen LogP contribution in [0.2, 0.25) is 5.02 Å². The number of benzene rings is 2. The molecule has 0 radical (unpaired) electrons. The third-order valence-electron chi connectivity index (χ3n) is 3.93. The minimum absolute atomic E-state index is 0.109. The van der Waals surface area contributed by atoms with Gasteiger partial charge in [-0.25, -0.2) is 17.5 Å². The molecule has 1 amide bonds. The number of hydrogen-bond donors (Lipinski definition) is 1. The Labute approximate surface area is 144 Å². The molecular weight excluding hydrogens is 355 g/mol. The fourth-order valence-electron chi connectivity index (χ4n) is 2.68. The van der Waals surface area contributed by atoms with Gasteiger partial charge in [-0.2, -0.15) is 0 Å². The molecule has 1 aliphatic heterocycles. The number of carbonyl (C=O) groups excluding carboxylic acids is 1. The summed E-state index contributed by atoms with van der Waals surface area (Å²) in [5, 5.41) is 0.273. The molecule has 0 fully saturated rings.